The van der Waals surface area contributed by atoms with E-state index in [2.05, 4.69) is 5.43 Å². The average Bonchev–Trinajstić information content (AvgIpc) is 2.24. The molecule has 0 spiro atoms. The van der Waals surface area contributed by atoms with Crippen LogP contribution >= 0.6 is 0 Å². The zero-order valence-corrected chi connectivity index (χ0v) is 10.6. The van der Waals surface area contributed by atoms with Crippen LogP contribution in [0.2, 0.25) is 0 Å². The van der Waals surface area contributed by atoms with E-state index >= 15 is 0 Å². The summed E-state index contributed by atoms with van der Waals surface area (Å²) in [4.78, 5) is 22.0. The lowest BCUT2D eigenvalue weighted by Gasteiger charge is -2.29. The van der Waals surface area contributed by atoms with Crippen LogP contribution in [0.15, 0.2) is 0 Å². The first-order chi connectivity index (χ1) is 8.16. The number of nitrogens with one attached hydrogen (secondary N) is 1. The van der Waals surface area contributed by atoms with Crippen molar-refractivity contribution in [1.29, 1.82) is 0 Å². The van der Waals surface area contributed by atoms with Gasteiger partial charge in [0.25, 0.3) is 0 Å². The van der Waals surface area contributed by atoms with E-state index in [1.54, 1.807) is 0 Å². The largest absolute Gasteiger partial charge is 0.391 e. The number of nitrogens with zero attached hydrogens (tertiary/aromatic N) is 1. The Kier molecular flexibility index (Phi) is 6.77. The monoisotopic (exact) mass is 264 g/mol. The van der Waals surface area contributed by atoms with Crippen molar-refractivity contribution < 1.29 is 30.0 Å². The average molecular weight is 264 g/mol. The van der Waals surface area contributed by atoms with Crippen molar-refractivity contribution in [2.24, 2.45) is 0 Å². The Morgan fingerprint density at radius 3 is 1.94 bits per heavy atom. The maximum Gasteiger partial charge on any atom is 0.237 e. The van der Waals surface area contributed by atoms with Crippen LogP contribution in [0.25, 0.3) is 0 Å². The predicted molar refractivity (Wildman–Crippen MR) is 60.9 cm³/mol. The van der Waals surface area contributed by atoms with Crippen LogP contribution in [0.3, 0.4) is 0 Å². The highest BCUT2D eigenvalue weighted by molar-refractivity contribution is 5.79. The lowest BCUT2D eigenvalue weighted by atomic mass is 10.0. The van der Waals surface area contributed by atoms with Gasteiger partial charge < -0.3 is 20.4 Å². The van der Waals surface area contributed by atoms with Crippen molar-refractivity contribution in [3.05, 3.63) is 0 Å². The maximum atomic E-state index is 11.1. The van der Waals surface area contributed by atoms with Gasteiger partial charge in [-0.25, -0.2) is 0 Å². The normalized spacial score (nSPS) is 17.5. The summed E-state index contributed by atoms with van der Waals surface area (Å²) in [6.07, 6.45) is -5.93. The van der Waals surface area contributed by atoms with Gasteiger partial charge in [0.1, 0.15) is 18.3 Å². The number of aliphatic hydroxyl groups is 4. The number of carbonyl (C=O) groups excluding carboxylic acids is 2. The van der Waals surface area contributed by atoms with E-state index in [-0.39, 0.29) is 0 Å². The lowest BCUT2D eigenvalue weighted by molar-refractivity contribution is -0.145. The van der Waals surface area contributed by atoms with Gasteiger partial charge in [-0.2, -0.15) is 0 Å². The van der Waals surface area contributed by atoms with Crippen LogP contribution in [0.4, 0.5) is 0 Å². The highest BCUT2D eigenvalue weighted by Crippen LogP contribution is 2.06. The van der Waals surface area contributed by atoms with Crippen LogP contribution in [0.1, 0.15) is 20.8 Å². The Balaban J connectivity index is 4.54. The van der Waals surface area contributed by atoms with Crippen LogP contribution in [0.5, 0.6) is 0 Å². The second-order valence-electron chi connectivity index (χ2n) is 4.09. The van der Waals surface area contributed by atoms with Crippen molar-refractivity contribution >= 4 is 11.8 Å². The van der Waals surface area contributed by atoms with E-state index in [0.29, 0.717) is 0 Å². The third-order valence-corrected chi connectivity index (χ3v) is 2.28. The van der Waals surface area contributed by atoms with Crippen molar-refractivity contribution in [2.45, 2.75) is 45.2 Å². The molecule has 0 aliphatic carbocycles. The second kappa shape index (κ2) is 7.27. The quantitative estimate of drug-likeness (QED) is 0.345. The maximum absolute atomic E-state index is 11.1. The summed E-state index contributed by atoms with van der Waals surface area (Å²) in [5.41, 5.74) is 2.16. The SMILES string of the molecule is CC(=O)NN(C[C@H](O)[C@H](O)[C@@H](O)[C@H](C)O)C(C)=O. The molecule has 0 radical (unpaired) electrons. The van der Waals surface area contributed by atoms with Gasteiger partial charge in [-0.05, 0) is 6.92 Å². The number of rotatable bonds is 5. The fourth-order valence-corrected chi connectivity index (χ4v) is 1.25. The minimum absolute atomic E-state index is 0.403. The summed E-state index contributed by atoms with van der Waals surface area (Å²) in [6, 6.07) is 0. The number of hydrazine groups is 1. The van der Waals surface area contributed by atoms with Gasteiger partial charge in [0.2, 0.25) is 11.8 Å². The Bertz CT molecular complexity index is 296. The lowest BCUT2D eigenvalue weighted by Crippen LogP contribution is -2.53. The minimum atomic E-state index is -1.64. The molecule has 8 heteroatoms. The Morgan fingerprint density at radius 1 is 1.11 bits per heavy atom. The fraction of sp³-hybridized carbons (Fsp3) is 0.800. The van der Waals surface area contributed by atoms with E-state index in [0.717, 1.165) is 5.01 Å². The van der Waals surface area contributed by atoms with Crippen molar-refractivity contribution in [3.63, 3.8) is 0 Å². The third-order valence-electron chi connectivity index (χ3n) is 2.28. The molecule has 106 valence electrons. The number of hydrogen-bond donors (Lipinski definition) is 5. The number of aliphatic hydroxyl groups excluding tert-OH is 4. The molecule has 5 N–H and O–H groups in total. The van der Waals surface area contributed by atoms with E-state index in [1.165, 1.54) is 20.8 Å². The molecule has 0 aromatic heterocycles. The molecule has 2 amide bonds. The summed E-state index contributed by atoms with van der Waals surface area (Å²) in [5, 5.41) is 38.3. The van der Waals surface area contributed by atoms with E-state index in [9.17, 15) is 24.9 Å². The summed E-state index contributed by atoms with van der Waals surface area (Å²) in [6.45, 7) is 3.19. The van der Waals surface area contributed by atoms with Gasteiger partial charge in [-0.3, -0.25) is 20.0 Å². The van der Waals surface area contributed by atoms with Gasteiger partial charge in [0.15, 0.2) is 0 Å². The van der Waals surface area contributed by atoms with E-state index < -0.39 is 42.8 Å². The Labute approximate surface area is 105 Å². The molecule has 8 nitrogen and oxygen atoms in total. The summed E-state index contributed by atoms with van der Waals surface area (Å²) in [5.74, 6) is -1.05. The van der Waals surface area contributed by atoms with Crippen LogP contribution in [-0.4, -0.2) is 68.2 Å². The van der Waals surface area contributed by atoms with Crippen LogP contribution < -0.4 is 5.43 Å². The van der Waals surface area contributed by atoms with Gasteiger partial charge in [-0.1, -0.05) is 0 Å². The molecule has 0 aromatic rings. The molecule has 0 fully saturated rings. The van der Waals surface area contributed by atoms with Gasteiger partial charge >= 0.3 is 0 Å². The van der Waals surface area contributed by atoms with Gasteiger partial charge in [0.05, 0.1) is 12.6 Å². The first-order valence-corrected chi connectivity index (χ1v) is 5.44. The standard InChI is InChI=1S/C10H20N2O6/c1-5(13)9(17)10(18)8(16)4-12(7(3)15)11-6(2)14/h5,8-10,13,16-18H,4H2,1-3H3,(H,11,14)/t5-,8-,9-,10-/m0/s1. The van der Waals surface area contributed by atoms with Crippen LogP contribution in [0, 0.1) is 0 Å². The molecule has 0 rings (SSSR count). The predicted octanol–water partition coefficient (Wildman–Crippen LogP) is -2.65. The molecule has 0 aromatic carbocycles. The molecule has 0 aliphatic heterocycles. The van der Waals surface area contributed by atoms with Crippen molar-refractivity contribution in [1.82, 2.24) is 10.4 Å². The third kappa shape index (κ3) is 5.41. The molecule has 0 aliphatic rings. The second-order valence-corrected chi connectivity index (χ2v) is 4.09. The van der Waals surface area contributed by atoms with Crippen molar-refractivity contribution in [2.75, 3.05) is 6.54 Å². The number of amides is 2. The molecule has 0 heterocycles. The highest BCUT2D eigenvalue weighted by atomic mass is 16.4. The topological polar surface area (TPSA) is 130 Å². The van der Waals surface area contributed by atoms with Gasteiger partial charge in [0, 0.05) is 13.8 Å². The number of hydrogen-bond acceptors (Lipinski definition) is 6. The summed E-state index contributed by atoms with van der Waals surface area (Å²) >= 11 is 0. The Morgan fingerprint density at radius 2 is 1.61 bits per heavy atom. The first-order valence-electron chi connectivity index (χ1n) is 5.44. The zero-order valence-electron chi connectivity index (χ0n) is 10.6. The number of carbonyl (C=O) groups is 2. The molecule has 0 saturated heterocycles. The summed E-state index contributed by atoms with van der Waals surface area (Å²) < 4.78 is 0. The first kappa shape index (κ1) is 16.8. The fourth-order valence-electron chi connectivity index (χ4n) is 1.25. The molecule has 0 saturated carbocycles. The highest BCUT2D eigenvalue weighted by Gasteiger charge is 2.30. The molecule has 0 unspecified atom stereocenters. The molecule has 18 heavy (non-hydrogen) atoms. The van der Waals surface area contributed by atoms with E-state index in [4.69, 9.17) is 5.11 Å². The zero-order chi connectivity index (χ0) is 14.5. The summed E-state index contributed by atoms with van der Waals surface area (Å²) in [7, 11) is 0. The molecular formula is C10H20N2O6. The minimum Gasteiger partial charge on any atom is -0.391 e. The Hall–Kier alpha value is -1.22. The molecule has 0 bridgehead atoms. The molecule has 4 atom stereocenters. The van der Waals surface area contributed by atoms with Gasteiger partial charge in [-0.15, -0.1) is 0 Å². The smallest absolute Gasteiger partial charge is 0.237 e. The van der Waals surface area contributed by atoms with Crippen LogP contribution in [-0.2, 0) is 9.59 Å². The molecular weight excluding hydrogens is 244 g/mol. The van der Waals surface area contributed by atoms with E-state index in [1.807, 2.05) is 0 Å². The van der Waals surface area contributed by atoms with Crippen molar-refractivity contribution in [3.8, 4) is 0 Å².